The van der Waals surface area contributed by atoms with Crippen LogP contribution in [0.3, 0.4) is 0 Å². The van der Waals surface area contributed by atoms with Crippen LogP contribution in [-0.4, -0.2) is 23.0 Å². The fourth-order valence-corrected chi connectivity index (χ4v) is 3.54. The highest BCUT2D eigenvalue weighted by Gasteiger charge is 2.22. The highest BCUT2D eigenvalue weighted by molar-refractivity contribution is 9.10. The molecule has 0 unspecified atom stereocenters. The van der Waals surface area contributed by atoms with Crippen LogP contribution in [0.4, 0.5) is 0 Å². The Morgan fingerprint density at radius 3 is 2.58 bits per heavy atom. The second kappa shape index (κ2) is 7.07. The van der Waals surface area contributed by atoms with E-state index in [4.69, 9.17) is 4.74 Å². The third kappa shape index (κ3) is 4.05. The summed E-state index contributed by atoms with van der Waals surface area (Å²) in [7, 11) is 1.48. The lowest BCUT2D eigenvalue weighted by atomic mass is 9.98. The number of allylic oxidation sites excluding steroid dienone is 1. The monoisotopic (exact) mass is 409 g/mol. The topological polar surface area (TPSA) is 59.4 Å². The maximum Gasteiger partial charge on any atom is 0.197 e. The second-order valence-electron chi connectivity index (χ2n) is 6.43. The number of aromatic nitrogens is 1. The molecule has 1 heterocycles. The SMILES string of the molecule is COc1cc(/C=C/C(=O)c2sc(C(C)(C)C)nc2C)cc(Br)c1O. The number of phenolic OH excluding ortho intramolecular Hbond substituents is 1. The summed E-state index contributed by atoms with van der Waals surface area (Å²) in [4.78, 5) is 17.6. The molecule has 6 heteroatoms. The number of phenols is 1. The molecule has 0 aliphatic heterocycles. The standard InChI is InChI=1S/C18H20BrNO3S/c1-10-16(24-17(20-10)18(2,3)4)13(21)7-6-11-8-12(19)15(22)14(9-11)23-5/h6-9,22H,1-5H3/b7-6+. The molecule has 0 aliphatic carbocycles. The van der Waals surface area contributed by atoms with Crippen molar-refractivity contribution in [1.29, 1.82) is 0 Å². The van der Waals surface area contributed by atoms with E-state index in [2.05, 4.69) is 41.7 Å². The summed E-state index contributed by atoms with van der Waals surface area (Å²) in [5.74, 6) is 0.304. The maximum atomic E-state index is 12.5. The number of carbonyl (C=O) groups is 1. The van der Waals surface area contributed by atoms with Gasteiger partial charge in [-0.05, 0) is 46.6 Å². The first-order valence-electron chi connectivity index (χ1n) is 7.40. The van der Waals surface area contributed by atoms with Gasteiger partial charge < -0.3 is 9.84 Å². The average molecular weight is 410 g/mol. The van der Waals surface area contributed by atoms with E-state index >= 15 is 0 Å². The van der Waals surface area contributed by atoms with Crippen LogP contribution in [-0.2, 0) is 5.41 Å². The molecule has 1 aromatic heterocycles. The fourth-order valence-electron chi connectivity index (χ4n) is 2.04. The number of hydrogen-bond acceptors (Lipinski definition) is 5. The molecule has 0 fully saturated rings. The van der Waals surface area contributed by atoms with Gasteiger partial charge in [0, 0.05) is 5.41 Å². The first-order chi connectivity index (χ1) is 11.1. The summed E-state index contributed by atoms with van der Waals surface area (Å²) >= 11 is 4.71. The van der Waals surface area contributed by atoms with Crippen molar-refractivity contribution in [3.8, 4) is 11.5 Å². The third-order valence-corrected chi connectivity index (χ3v) is 5.56. The minimum absolute atomic E-state index is 0.0362. The molecule has 2 rings (SSSR count). The molecule has 1 N–H and O–H groups in total. The van der Waals surface area contributed by atoms with Crippen LogP contribution in [0.25, 0.3) is 6.08 Å². The van der Waals surface area contributed by atoms with Crippen molar-refractivity contribution >= 4 is 39.1 Å². The number of ether oxygens (including phenoxy) is 1. The van der Waals surface area contributed by atoms with E-state index in [1.165, 1.54) is 24.5 Å². The van der Waals surface area contributed by atoms with Crippen molar-refractivity contribution in [2.45, 2.75) is 33.1 Å². The Labute approximate surface area is 154 Å². The summed E-state index contributed by atoms with van der Waals surface area (Å²) in [6.07, 6.45) is 3.22. The summed E-state index contributed by atoms with van der Waals surface area (Å²) in [6.45, 7) is 8.09. The van der Waals surface area contributed by atoms with E-state index < -0.39 is 0 Å². The van der Waals surface area contributed by atoms with Crippen LogP contribution in [0, 0.1) is 6.92 Å². The van der Waals surface area contributed by atoms with E-state index in [0.29, 0.717) is 15.1 Å². The quantitative estimate of drug-likeness (QED) is 0.561. The number of aromatic hydroxyl groups is 1. The number of rotatable bonds is 4. The fraction of sp³-hybridized carbons (Fsp3) is 0.333. The molecule has 0 atom stereocenters. The van der Waals surface area contributed by atoms with Crippen LogP contribution in [0.1, 0.15) is 46.7 Å². The molecule has 24 heavy (non-hydrogen) atoms. The number of halogens is 1. The van der Waals surface area contributed by atoms with E-state index in [9.17, 15) is 9.90 Å². The van der Waals surface area contributed by atoms with Crippen LogP contribution in [0.15, 0.2) is 22.7 Å². The smallest absolute Gasteiger partial charge is 0.197 e. The molecule has 128 valence electrons. The first-order valence-corrected chi connectivity index (χ1v) is 9.01. The Balaban J connectivity index is 2.29. The first kappa shape index (κ1) is 18.7. The molecule has 0 saturated carbocycles. The average Bonchev–Trinajstić information content (AvgIpc) is 2.90. The van der Waals surface area contributed by atoms with Gasteiger partial charge in [0.1, 0.15) is 0 Å². The van der Waals surface area contributed by atoms with E-state index in [0.717, 1.165) is 16.3 Å². The van der Waals surface area contributed by atoms with E-state index in [-0.39, 0.29) is 16.9 Å². The predicted molar refractivity (Wildman–Crippen MR) is 101 cm³/mol. The molecule has 1 aromatic carbocycles. The van der Waals surface area contributed by atoms with Gasteiger partial charge in [-0.1, -0.05) is 26.8 Å². The van der Waals surface area contributed by atoms with Gasteiger partial charge in [0.15, 0.2) is 17.3 Å². The largest absolute Gasteiger partial charge is 0.503 e. The predicted octanol–water partition coefficient (Wildman–Crippen LogP) is 5.12. The van der Waals surface area contributed by atoms with Gasteiger partial charge in [0.05, 0.1) is 27.2 Å². The molecular weight excluding hydrogens is 390 g/mol. The molecule has 4 nitrogen and oxygen atoms in total. The molecule has 0 spiro atoms. The summed E-state index contributed by atoms with van der Waals surface area (Å²) in [5, 5.41) is 10.8. The second-order valence-corrected chi connectivity index (χ2v) is 8.29. The number of thiazole rings is 1. The number of nitrogens with zero attached hydrogens (tertiary/aromatic N) is 1. The Hall–Kier alpha value is -1.66. The zero-order valence-electron chi connectivity index (χ0n) is 14.3. The van der Waals surface area contributed by atoms with Gasteiger partial charge in [-0.25, -0.2) is 4.98 Å². The Kier molecular flexibility index (Phi) is 5.50. The molecule has 0 bridgehead atoms. The van der Waals surface area contributed by atoms with Crippen molar-refractivity contribution < 1.29 is 14.6 Å². The Bertz CT molecular complexity index is 803. The third-order valence-electron chi connectivity index (χ3n) is 3.36. The maximum absolute atomic E-state index is 12.5. The normalized spacial score (nSPS) is 11.9. The molecule has 0 amide bonds. The molecule has 0 aliphatic rings. The van der Waals surface area contributed by atoms with Gasteiger partial charge in [-0.15, -0.1) is 11.3 Å². The highest BCUT2D eigenvalue weighted by atomic mass is 79.9. The molecule has 2 aromatic rings. The number of benzene rings is 1. The van der Waals surface area contributed by atoms with Gasteiger partial charge in [-0.2, -0.15) is 0 Å². The molecule has 0 radical (unpaired) electrons. The lowest BCUT2D eigenvalue weighted by molar-refractivity contribution is 0.105. The van der Waals surface area contributed by atoms with E-state index in [1.54, 1.807) is 18.2 Å². The van der Waals surface area contributed by atoms with Crippen LogP contribution in [0.2, 0.25) is 0 Å². The lowest BCUT2D eigenvalue weighted by Crippen LogP contribution is -2.10. The van der Waals surface area contributed by atoms with Crippen molar-refractivity contribution in [1.82, 2.24) is 4.98 Å². The van der Waals surface area contributed by atoms with Crippen molar-refractivity contribution in [3.05, 3.63) is 43.8 Å². The van der Waals surface area contributed by atoms with Gasteiger partial charge in [-0.3, -0.25) is 4.79 Å². The Morgan fingerprint density at radius 2 is 2.04 bits per heavy atom. The van der Waals surface area contributed by atoms with Crippen molar-refractivity contribution in [2.24, 2.45) is 0 Å². The van der Waals surface area contributed by atoms with Crippen LogP contribution in [0.5, 0.6) is 11.5 Å². The van der Waals surface area contributed by atoms with Crippen molar-refractivity contribution in [2.75, 3.05) is 7.11 Å². The molecular formula is C18H20BrNO3S. The van der Waals surface area contributed by atoms with Crippen molar-refractivity contribution in [3.63, 3.8) is 0 Å². The number of aryl methyl sites for hydroxylation is 1. The van der Waals surface area contributed by atoms with Gasteiger partial charge in [0.2, 0.25) is 0 Å². The van der Waals surface area contributed by atoms with Gasteiger partial charge >= 0.3 is 0 Å². The number of methoxy groups -OCH3 is 1. The Morgan fingerprint density at radius 1 is 1.38 bits per heavy atom. The zero-order valence-corrected chi connectivity index (χ0v) is 16.7. The minimum Gasteiger partial charge on any atom is -0.503 e. The van der Waals surface area contributed by atoms with E-state index in [1.807, 2.05) is 6.92 Å². The minimum atomic E-state index is -0.0799. The summed E-state index contributed by atoms with van der Waals surface area (Å²) in [5.41, 5.74) is 1.43. The molecule has 0 saturated heterocycles. The van der Waals surface area contributed by atoms with Crippen LogP contribution >= 0.6 is 27.3 Å². The zero-order chi connectivity index (χ0) is 18.1. The number of carbonyl (C=O) groups excluding carboxylic acids is 1. The number of hydrogen-bond donors (Lipinski definition) is 1. The summed E-state index contributed by atoms with van der Waals surface area (Å²) in [6, 6.07) is 3.39. The van der Waals surface area contributed by atoms with Gasteiger partial charge in [0.25, 0.3) is 0 Å². The number of ketones is 1. The lowest BCUT2D eigenvalue weighted by Gasteiger charge is -2.13. The summed E-state index contributed by atoms with van der Waals surface area (Å²) < 4.78 is 5.62. The highest BCUT2D eigenvalue weighted by Crippen LogP contribution is 2.35. The van der Waals surface area contributed by atoms with Crippen LogP contribution < -0.4 is 4.74 Å².